The van der Waals surface area contributed by atoms with Crippen LogP contribution >= 0.6 is 0 Å². The molecule has 4 nitrogen and oxygen atoms in total. The number of carbonyl (C=O) groups is 2. The second-order valence-corrected chi connectivity index (χ2v) is 5.00. The van der Waals surface area contributed by atoms with E-state index in [4.69, 9.17) is 0 Å². The van der Waals surface area contributed by atoms with Crippen molar-refractivity contribution in [1.82, 2.24) is 9.80 Å². The van der Waals surface area contributed by atoms with Crippen LogP contribution in [0.2, 0.25) is 0 Å². The van der Waals surface area contributed by atoms with Crippen LogP contribution in [0.4, 0.5) is 0 Å². The minimum atomic E-state index is 0.0318. The van der Waals surface area contributed by atoms with Crippen molar-refractivity contribution in [3.63, 3.8) is 0 Å². The number of hydrogen-bond acceptors (Lipinski definition) is 2. The van der Waals surface area contributed by atoms with Crippen LogP contribution in [-0.4, -0.2) is 47.8 Å². The van der Waals surface area contributed by atoms with E-state index < -0.39 is 0 Å². The summed E-state index contributed by atoms with van der Waals surface area (Å²) in [5.74, 6) is 0.0923. The van der Waals surface area contributed by atoms with Crippen molar-refractivity contribution >= 4 is 11.8 Å². The Kier molecular flexibility index (Phi) is 16.3. The number of unbranched alkanes of at least 4 members (excludes halogenated alkanes) is 1. The van der Waals surface area contributed by atoms with Crippen molar-refractivity contribution < 1.29 is 9.59 Å². The van der Waals surface area contributed by atoms with Crippen LogP contribution in [0.3, 0.4) is 0 Å². The van der Waals surface area contributed by atoms with Gasteiger partial charge < -0.3 is 9.80 Å². The average Bonchev–Trinajstić information content (AvgIpc) is 2.55. The van der Waals surface area contributed by atoms with Crippen LogP contribution in [0.5, 0.6) is 0 Å². The van der Waals surface area contributed by atoms with E-state index in [2.05, 4.69) is 33.9 Å². The predicted molar refractivity (Wildman–Crippen MR) is 94.7 cm³/mol. The zero-order valence-electron chi connectivity index (χ0n) is 14.9. The molecule has 0 aliphatic carbocycles. The number of amides is 2. The van der Waals surface area contributed by atoms with Crippen molar-refractivity contribution in [3.05, 3.63) is 25.3 Å². The van der Waals surface area contributed by atoms with Crippen LogP contribution in [0.1, 0.15) is 53.4 Å². The first-order chi connectivity index (χ1) is 10.5. The van der Waals surface area contributed by atoms with Gasteiger partial charge in [-0.1, -0.05) is 40.3 Å². The first-order valence-corrected chi connectivity index (χ1v) is 8.34. The van der Waals surface area contributed by atoms with Gasteiger partial charge in [-0.25, -0.2) is 0 Å². The van der Waals surface area contributed by atoms with Crippen molar-refractivity contribution in [2.45, 2.75) is 53.4 Å². The molecule has 0 aliphatic rings. The molecule has 0 rings (SSSR count). The van der Waals surface area contributed by atoms with Gasteiger partial charge in [0.15, 0.2) is 0 Å². The summed E-state index contributed by atoms with van der Waals surface area (Å²) in [7, 11) is 0. The minimum Gasteiger partial charge on any atom is -0.339 e. The predicted octanol–water partition coefficient (Wildman–Crippen LogP) is 3.64. The smallest absolute Gasteiger partial charge is 0.245 e. The fraction of sp³-hybridized carbons (Fsp3) is 0.667. The van der Waals surface area contributed by atoms with Crippen LogP contribution < -0.4 is 0 Å². The largest absolute Gasteiger partial charge is 0.339 e. The van der Waals surface area contributed by atoms with Gasteiger partial charge in [0.25, 0.3) is 0 Å². The molecule has 0 N–H and O–H groups in total. The molecule has 0 saturated carbocycles. The Labute approximate surface area is 136 Å². The maximum atomic E-state index is 11.2. The quantitative estimate of drug-likeness (QED) is 0.578. The lowest BCUT2D eigenvalue weighted by Gasteiger charge is -2.19. The number of likely N-dealkylation sites (N-methyl/N-ethyl adjacent to an activating group) is 1. The van der Waals surface area contributed by atoms with Gasteiger partial charge in [0, 0.05) is 26.2 Å². The summed E-state index contributed by atoms with van der Waals surface area (Å²) in [5, 5.41) is 0. The monoisotopic (exact) mass is 310 g/mol. The van der Waals surface area contributed by atoms with E-state index in [1.54, 1.807) is 4.90 Å². The Morgan fingerprint density at radius 1 is 0.773 bits per heavy atom. The molecule has 0 aromatic heterocycles. The fourth-order valence-corrected chi connectivity index (χ4v) is 1.90. The summed E-state index contributed by atoms with van der Waals surface area (Å²) >= 11 is 0. The van der Waals surface area contributed by atoms with E-state index >= 15 is 0 Å². The highest BCUT2D eigenvalue weighted by Crippen LogP contribution is 1.98. The lowest BCUT2D eigenvalue weighted by atomic mass is 10.3. The molecule has 4 heteroatoms. The van der Waals surface area contributed by atoms with Gasteiger partial charge in [0.1, 0.15) is 0 Å². The van der Waals surface area contributed by atoms with Gasteiger partial charge >= 0.3 is 0 Å². The zero-order chi connectivity index (χ0) is 17.4. The Morgan fingerprint density at radius 2 is 1.23 bits per heavy atom. The molecular weight excluding hydrogens is 276 g/mol. The highest BCUT2D eigenvalue weighted by Gasteiger charge is 2.06. The summed E-state index contributed by atoms with van der Waals surface area (Å²) < 4.78 is 0. The van der Waals surface area contributed by atoms with Crippen molar-refractivity contribution in [2.24, 2.45) is 0 Å². The Morgan fingerprint density at radius 3 is 1.59 bits per heavy atom. The molecular formula is C18H34N2O2. The standard InChI is InChI=1S/C10H19NO.C8H15NO/c1-4-7-9-11(8-5-2)10(12)6-3;1-4-7-9(6-3)8(10)5-2/h6H,3-5,7-9H2,1-2H3;5H,2,4,6-7H2,1,3H3. The number of nitrogens with zero attached hydrogens (tertiary/aromatic N) is 2. The molecule has 0 atom stereocenters. The highest BCUT2D eigenvalue weighted by molar-refractivity contribution is 5.87. The lowest BCUT2D eigenvalue weighted by molar-refractivity contribution is -0.126. The highest BCUT2D eigenvalue weighted by atomic mass is 16.2. The van der Waals surface area contributed by atoms with E-state index in [0.29, 0.717) is 0 Å². The zero-order valence-corrected chi connectivity index (χ0v) is 14.9. The molecule has 0 bridgehead atoms. The molecule has 0 aromatic rings. The van der Waals surface area contributed by atoms with Crippen molar-refractivity contribution in [3.8, 4) is 0 Å². The van der Waals surface area contributed by atoms with Crippen LogP contribution in [-0.2, 0) is 9.59 Å². The molecule has 128 valence electrons. The summed E-state index contributed by atoms with van der Waals surface area (Å²) in [4.78, 5) is 25.8. The van der Waals surface area contributed by atoms with Crippen LogP contribution in [0.15, 0.2) is 25.3 Å². The van der Waals surface area contributed by atoms with E-state index in [-0.39, 0.29) is 11.8 Å². The first kappa shape index (κ1) is 22.7. The second-order valence-electron chi connectivity index (χ2n) is 5.00. The second kappa shape index (κ2) is 15.8. The third kappa shape index (κ3) is 11.1. The van der Waals surface area contributed by atoms with Crippen LogP contribution in [0.25, 0.3) is 0 Å². The summed E-state index contributed by atoms with van der Waals surface area (Å²) in [6, 6.07) is 0. The molecule has 0 saturated heterocycles. The van der Waals surface area contributed by atoms with Gasteiger partial charge in [-0.2, -0.15) is 0 Å². The number of carbonyl (C=O) groups excluding carboxylic acids is 2. The molecule has 22 heavy (non-hydrogen) atoms. The van der Waals surface area contributed by atoms with Crippen LogP contribution in [0, 0.1) is 0 Å². The van der Waals surface area contributed by atoms with E-state index in [0.717, 1.165) is 51.9 Å². The van der Waals surface area contributed by atoms with Crippen molar-refractivity contribution in [1.29, 1.82) is 0 Å². The SMILES string of the molecule is C=CC(=O)N(CC)CCC.C=CC(=O)N(CCC)CCCC. The third-order valence-electron chi connectivity index (χ3n) is 3.12. The normalized spacial score (nSPS) is 9.27. The Balaban J connectivity index is 0. The van der Waals surface area contributed by atoms with E-state index in [1.807, 2.05) is 11.8 Å². The van der Waals surface area contributed by atoms with Gasteiger partial charge in [-0.15, -0.1) is 0 Å². The van der Waals surface area contributed by atoms with Gasteiger partial charge in [-0.05, 0) is 38.3 Å². The average molecular weight is 310 g/mol. The summed E-state index contributed by atoms with van der Waals surface area (Å²) in [6.07, 6.45) is 6.99. The minimum absolute atomic E-state index is 0.0318. The Bertz CT molecular complexity index is 327. The number of hydrogen-bond donors (Lipinski definition) is 0. The topological polar surface area (TPSA) is 40.6 Å². The molecule has 0 aromatic carbocycles. The summed E-state index contributed by atoms with van der Waals surface area (Å²) in [6.45, 7) is 18.5. The van der Waals surface area contributed by atoms with E-state index in [1.165, 1.54) is 12.2 Å². The molecule has 0 spiro atoms. The molecule has 2 amide bonds. The summed E-state index contributed by atoms with van der Waals surface area (Å²) in [5.41, 5.74) is 0. The molecule has 0 heterocycles. The van der Waals surface area contributed by atoms with E-state index in [9.17, 15) is 9.59 Å². The third-order valence-corrected chi connectivity index (χ3v) is 3.12. The maximum absolute atomic E-state index is 11.2. The lowest BCUT2D eigenvalue weighted by Crippen LogP contribution is -2.30. The molecule has 0 unspecified atom stereocenters. The first-order valence-electron chi connectivity index (χ1n) is 8.34. The number of rotatable bonds is 10. The van der Waals surface area contributed by atoms with Crippen molar-refractivity contribution in [2.75, 3.05) is 26.2 Å². The Hall–Kier alpha value is -1.58. The fourth-order valence-electron chi connectivity index (χ4n) is 1.90. The molecule has 0 radical (unpaired) electrons. The maximum Gasteiger partial charge on any atom is 0.245 e. The van der Waals surface area contributed by atoms with Gasteiger partial charge in [0.05, 0.1) is 0 Å². The molecule has 0 fully saturated rings. The van der Waals surface area contributed by atoms with Gasteiger partial charge in [-0.3, -0.25) is 9.59 Å². The van der Waals surface area contributed by atoms with Gasteiger partial charge in [0.2, 0.25) is 11.8 Å². The molecule has 0 aliphatic heterocycles.